The average Bonchev–Trinajstić information content (AvgIpc) is 3.56. The average molecular weight is 941 g/mol. The SMILES string of the molecule is CCC(C)C(NC(=O)C1CCCCN1C)C(=O)N(C)C/C=C(\C)C(=O)NS(=O)c1ccc(NC(=O)CNC(=O)C(NC(=O)CC(C)(C)COCC(C)(C)CN2C(=O)C=CC2=O)C(C)C)cc1. The number of benzene rings is 1. The third-order valence-corrected chi connectivity index (χ3v) is 12.7. The van der Waals surface area contributed by atoms with E-state index in [1.807, 2.05) is 53.5 Å². The van der Waals surface area contributed by atoms with E-state index in [-0.39, 0.29) is 90.6 Å². The molecular formula is C47H72N8O10S. The van der Waals surface area contributed by atoms with Crippen molar-refractivity contribution in [2.75, 3.05) is 58.8 Å². The van der Waals surface area contributed by atoms with Crippen molar-refractivity contribution < 1.29 is 47.3 Å². The fourth-order valence-corrected chi connectivity index (χ4v) is 8.14. The quantitative estimate of drug-likeness (QED) is 0.0748. The normalized spacial score (nSPS) is 17.7. The van der Waals surface area contributed by atoms with Crippen molar-refractivity contribution >= 4 is 63.9 Å². The van der Waals surface area contributed by atoms with E-state index in [1.54, 1.807) is 33.9 Å². The van der Waals surface area contributed by atoms with Crippen molar-refractivity contribution in [1.82, 2.24) is 35.4 Å². The van der Waals surface area contributed by atoms with Gasteiger partial charge in [-0.25, -0.2) is 4.21 Å². The number of carbonyl (C=O) groups excluding carboxylic acids is 8. The zero-order chi connectivity index (χ0) is 49.5. The van der Waals surface area contributed by atoms with Crippen LogP contribution in [-0.4, -0.2) is 138 Å². The lowest BCUT2D eigenvalue weighted by molar-refractivity contribution is -0.139. The van der Waals surface area contributed by atoms with Crippen LogP contribution in [0.1, 0.15) is 94.4 Å². The summed E-state index contributed by atoms with van der Waals surface area (Å²) in [4.78, 5) is 107. The number of likely N-dealkylation sites (N-methyl/N-ethyl adjacent to an activating group) is 2. The van der Waals surface area contributed by atoms with E-state index in [2.05, 4.69) is 26.0 Å². The van der Waals surface area contributed by atoms with Gasteiger partial charge in [0.05, 0.1) is 30.7 Å². The molecule has 18 nitrogen and oxygen atoms in total. The lowest BCUT2D eigenvalue weighted by Gasteiger charge is -2.34. The van der Waals surface area contributed by atoms with Gasteiger partial charge in [-0.3, -0.25) is 52.9 Å². The minimum Gasteiger partial charge on any atom is -0.380 e. The Hall–Kier alpha value is -5.27. The van der Waals surface area contributed by atoms with Crippen LogP contribution in [-0.2, 0) is 54.1 Å². The monoisotopic (exact) mass is 941 g/mol. The van der Waals surface area contributed by atoms with Crippen LogP contribution in [0.5, 0.6) is 0 Å². The topological polar surface area (TPSA) is 233 Å². The van der Waals surface area contributed by atoms with E-state index in [9.17, 15) is 42.6 Å². The number of carbonyl (C=O) groups is 8. The fourth-order valence-electron chi connectivity index (χ4n) is 7.31. The Kier molecular flexibility index (Phi) is 20.9. The highest BCUT2D eigenvalue weighted by Crippen LogP contribution is 2.25. The first kappa shape index (κ1) is 55.1. The third-order valence-electron chi connectivity index (χ3n) is 11.6. The molecule has 5 unspecified atom stereocenters. The lowest BCUT2D eigenvalue weighted by Crippen LogP contribution is -2.56. The maximum atomic E-state index is 13.5. The molecule has 0 radical (unpaired) electrons. The van der Waals surface area contributed by atoms with Crippen LogP contribution in [0.3, 0.4) is 0 Å². The van der Waals surface area contributed by atoms with Crippen LogP contribution in [0.4, 0.5) is 5.69 Å². The van der Waals surface area contributed by atoms with Crippen LogP contribution in [0.2, 0.25) is 0 Å². The molecule has 1 saturated heterocycles. The maximum absolute atomic E-state index is 13.5. The van der Waals surface area contributed by atoms with Crippen molar-refractivity contribution in [3.63, 3.8) is 0 Å². The van der Waals surface area contributed by atoms with Gasteiger partial charge in [0.25, 0.3) is 17.7 Å². The van der Waals surface area contributed by atoms with Crippen molar-refractivity contribution in [3.05, 3.63) is 48.1 Å². The van der Waals surface area contributed by atoms with Crippen LogP contribution in [0.25, 0.3) is 0 Å². The molecule has 0 bridgehead atoms. The second kappa shape index (κ2) is 25.0. The second-order valence-corrected chi connectivity index (χ2v) is 20.6. The number of piperidine rings is 1. The first-order valence-electron chi connectivity index (χ1n) is 22.6. The second-order valence-electron chi connectivity index (χ2n) is 19.3. The van der Waals surface area contributed by atoms with E-state index in [1.165, 1.54) is 41.3 Å². The Morgan fingerprint density at radius 2 is 1.53 bits per heavy atom. The first-order valence-corrected chi connectivity index (χ1v) is 23.7. The molecule has 1 fully saturated rings. The summed E-state index contributed by atoms with van der Waals surface area (Å²) in [6.45, 7) is 17.6. The molecule has 8 amide bonds. The number of rotatable bonds is 24. The molecule has 5 atom stereocenters. The summed E-state index contributed by atoms with van der Waals surface area (Å²) < 4.78 is 21.4. The number of hydrogen-bond acceptors (Lipinski definition) is 11. The predicted molar refractivity (Wildman–Crippen MR) is 251 cm³/mol. The number of likely N-dealkylation sites (tertiary alicyclic amines) is 1. The smallest absolute Gasteiger partial charge is 0.258 e. The molecule has 0 saturated carbocycles. The van der Waals surface area contributed by atoms with Gasteiger partial charge in [0.1, 0.15) is 12.1 Å². The summed E-state index contributed by atoms with van der Waals surface area (Å²) >= 11 is 0. The van der Waals surface area contributed by atoms with Crippen LogP contribution < -0.4 is 26.0 Å². The standard InChI is InChI=1S/C47H72N8O10S/c1-12-31(4)41(51-43(61)35-15-13-14-23-53(35)10)45(63)54(11)24-22-32(5)42(60)52-66(64)34-18-16-33(17-19-34)49-37(57)26-48-44(62)40(30(2)3)50-36(56)25-46(6,7)28-65-29-47(8,9)27-55-38(58)20-21-39(55)59/h16-22,30-31,35,40-41H,12-15,23-29H2,1-11H3,(H,48,62)(H,49,57)(H,50,56)(H,51,61)(H,52,60)/b32-22+. The maximum Gasteiger partial charge on any atom is 0.258 e. The Bertz CT molecular complexity index is 2000. The number of amides is 8. The summed E-state index contributed by atoms with van der Waals surface area (Å²) in [6, 6.07) is 4.01. The molecule has 19 heteroatoms. The molecule has 5 N–H and O–H groups in total. The van der Waals surface area contributed by atoms with Gasteiger partial charge in [-0.05, 0) is 74.9 Å². The molecule has 2 aliphatic heterocycles. The van der Waals surface area contributed by atoms with Crippen LogP contribution in [0, 0.1) is 22.7 Å². The molecule has 66 heavy (non-hydrogen) atoms. The molecule has 366 valence electrons. The van der Waals surface area contributed by atoms with Crippen molar-refractivity contribution in [2.45, 2.75) is 117 Å². The molecule has 0 aliphatic carbocycles. The molecular weight excluding hydrogens is 869 g/mol. The minimum atomic E-state index is -1.95. The summed E-state index contributed by atoms with van der Waals surface area (Å²) in [6.07, 6.45) is 7.47. The van der Waals surface area contributed by atoms with Crippen molar-refractivity contribution in [2.24, 2.45) is 22.7 Å². The molecule has 2 heterocycles. The van der Waals surface area contributed by atoms with E-state index in [4.69, 9.17) is 4.74 Å². The number of nitrogens with one attached hydrogen (secondary N) is 5. The fraction of sp³-hybridized carbons (Fsp3) is 0.617. The first-order chi connectivity index (χ1) is 30.8. The van der Waals surface area contributed by atoms with E-state index < -0.39 is 58.2 Å². The van der Waals surface area contributed by atoms with Crippen LogP contribution >= 0.6 is 0 Å². The highest BCUT2D eigenvalue weighted by atomic mass is 32.2. The van der Waals surface area contributed by atoms with Gasteiger partial charge in [0.2, 0.25) is 29.5 Å². The van der Waals surface area contributed by atoms with Gasteiger partial charge >= 0.3 is 0 Å². The van der Waals surface area contributed by atoms with Gasteiger partial charge < -0.3 is 30.9 Å². The molecule has 1 aromatic carbocycles. The van der Waals surface area contributed by atoms with E-state index in [0.29, 0.717) is 12.1 Å². The highest BCUT2D eigenvalue weighted by molar-refractivity contribution is 7.83. The van der Waals surface area contributed by atoms with E-state index in [0.717, 1.165) is 30.7 Å². The van der Waals surface area contributed by atoms with Gasteiger partial charge in [-0.2, -0.15) is 0 Å². The number of ether oxygens (including phenoxy) is 1. The Labute approximate surface area is 392 Å². The van der Waals surface area contributed by atoms with Crippen molar-refractivity contribution in [3.8, 4) is 0 Å². The predicted octanol–water partition coefficient (Wildman–Crippen LogP) is 2.82. The summed E-state index contributed by atoms with van der Waals surface area (Å²) in [5, 5.41) is 11.0. The summed E-state index contributed by atoms with van der Waals surface area (Å²) in [5.41, 5.74) is -0.562. The van der Waals surface area contributed by atoms with E-state index >= 15 is 0 Å². The number of anilines is 1. The van der Waals surface area contributed by atoms with Crippen molar-refractivity contribution in [1.29, 1.82) is 0 Å². The highest BCUT2D eigenvalue weighted by Gasteiger charge is 2.35. The molecule has 0 spiro atoms. The zero-order valence-electron chi connectivity index (χ0n) is 40.5. The third kappa shape index (κ3) is 17.2. The Morgan fingerprint density at radius 1 is 0.909 bits per heavy atom. The lowest BCUT2D eigenvalue weighted by atomic mass is 9.89. The molecule has 0 aromatic heterocycles. The Balaban J connectivity index is 1.44. The summed E-state index contributed by atoms with van der Waals surface area (Å²) in [7, 11) is 1.57. The van der Waals surface area contributed by atoms with Gasteiger partial charge in [0.15, 0.2) is 11.0 Å². The van der Waals surface area contributed by atoms with Gasteiger partial charge in [-0.1, -0.05) is 74.3 Å². The molecule has 2 aliphatic rings. The number of imide groups is 1. The largest absolute Gasteiger partial charge is 0.380 e. The number of nitrogens with zero attached hydrogens (tertiary/aromatic N) is 3. The van der Waals surface area contributed by atoms with Gasteiger partial charge in [-0.15, -0.1) is 0 Å². The van der Waals surface area contributed by atoms with Gasteiger partial charge in [0, 0.05) is 55.4 Å². The minimum absolute atomic E-state index is 0.0404. The molecule has 1 aromatic rings. The summed E-state index contributed by atoms with van der Waals surface area (Å²) in [5.74, 6) is -3.66. The zero-order valence-corrected chi connectivity index (χ0v) is 41.4. The van der Waals surface area contributed by atoms with Crippen LogP contribution in [0.15, 0.2) is 53.0 Å². The number of hydrogen-bond donors (Lipinski definition) is 5. The molecule has 3 rings (SSSR count). The Morgan fingerprint density at radius 3 is 2.12 bits per heavy atom.